The second-order valence-corrected chi connectivity index (χ2v) is 8.12. The maximum absolute atomic E-state index is 13.2. The summed E-state index contributed by atoms with van der Waals surface area (Å²) in [4.78, 5) is 50.0. The summed E-state index contributed by atoms with van der Waals surface area (Å²) in [7, 11) is 3.06. The number of carboxylic acids is 1. The molecule has 182 valence electrons. The van der Waals surface area contributed by atoms with E-state index in [4.69, 9.17) is 11.6 Å². The highest BCUT2D eigenvalue weighted by Gasteiger charge is 2.34. The summed E-state index contributed by atoms with van der Waals surface area (Å²) in [6.45, 7) is -0.701. The molecule has 4 rings (SSSR count). The summed E-state index contributed by atoms with van der Waals surface area (Å²) < 4.78 is 43.8. The second kappa shape index (κ2) is 8.31. The lowest BCUT2D eigenvalue weighted by atomic mass is 10.1. The molecule has 0 aliphatic heterocycles. The molecule has 4 aromatic rings. The number of carboxylic acid groups (broad SMARTS) is 1. The molecule has 35 heavy (non-hydrogen) atoms. The molecule has 0 amide bonds. The highest BCUT2D eigenvalue weighted by atomic mass is 35.5. The van der Waals surface area contributed by atoms with Gasteiger partial charge in [0.15, 0.2) is 0 Å². The fourth-order valence-electron chi connectivity index (χ4n) is 3.81. The minimum absolute atomic E-state index is 0.134. The van der Waals surface area contributed by atoms with Crippen molar-refractivity contribution in [2.24, 2.45) is 14.1 Å². The normalized spacial score (nSPS) is 11.8. The highest BCUT2D eigenvalue weighted by Crippen LogP contribution is 2.36. The van der Waals surface area contributed by atoms with E-state index in [1.54, 1.807) is 7.05 Å². The third-order valence-electron chi connectivity index (χ3n) is 5.65. The van der Waals surface area contributed by atoms with Gasteiger partial charge in [0.25, 0.3) is 5.56 Å². The molecule has 2 aromatic heterocycles. The molecule has 0 aliphatic carbocycles. The van der Waals surface area contributed by atoms with Crippen LogP contribution in [-0.4, -0.2) is 29.3 Å². The number of hydrogen-bond donors (Lipinski definition) is 1. The van der Waals surface area contributed by atoms with E-state index in [9.17, 15) is 37.5 Å². The van der Waals surface area contributed by atoms with E-state index in [1.165, 1.54) is 40.4 Å². The van der Waals surface area contributed by atoms with Gasteiger partial charge in [0.05, 0.1) is 33.9 Å². The van der Waals surface area contributed by atoms with Crippen molar-refractivity contribution in [2.75, 3.05) is 0 Å². The van der Waals surface area contributed by atoms with Crippen LogP contribution in [0, 0.1) is 0 Å². The highest BCUT2D eigenvalue weighted by molar-refractivity contribution is 6.32. The summed E-state index contributed by atoms with van der Waals surface area (Å²) in [5.41, 5.74) is -3.58. The molecular weight excluding hydrogens is 493 g/mol. The van der Waals surface area contributed by atoms with Crippen LogP contribution in [0.2, 0.25) is 5.02 Å². The third-order valence-corrected chi connectivity index (χ3v) is 6.09. The van der Waals surface area contributed by atoms with Crippen molar-refractivity contribution in [1.29, 1.82) is 0 Å². The molecule has 0 saturated heterocycles. The van der Waals surface area contributed by atoms with Crippen LogP contribution < -0.4 is 16.9 Å². The van der Waals surface area contributed by atoms with Crippen molar-refractivity contribution in [3.63, 3.8) is 0 Å². The van der Waals surface area contributed by atoms with Crippen LogP contribution in [0.1, 0.15) is 21.5 Å². The average Bonchev–Trinajstić information content (AvgIpc) is 3.00. The predicted octanol–water partition coefficient (Wildman–Crippen LogP) is 2.61. The van der Waals surface area contributed by atoms with Crippen molar-refractivity contribution >= 4 is 28.6 Å². The lowest BCUT2D eigenvalue weighted by Gasteiger charge is -2.15. The molecule has 0 bridgehead atoms. The summed E-state index contributed by atoms with van der Waals surface area (Å²) in [6, 6.07) is 7.46. The van der Waals surface area contributed by atoms with Gasteiger partial charge in [-0.25, -0.2) is 14.4 Å². The molecule has 1 N–H and O–H groups in total. The number of alkyl halides is 3. The molecule has 2 heterocycles. The number of benzene rings is 2. The van der Waals surface area contributed by atoms with Crippen molar-refractivity contribution in [3.05, 3.63) is 95.6 Å². The Bertz CT molecular complexity index is 1690. The van der Waals surface area contributed by atoms with Crippen LogP contribution in [0.3, 0.4) is 0 Å². The summed E-state index contributed by atoms with van der Waals surface area (Å²) in [5.74, 6) is -1.64. The largest absolute Gasteiger partial charge is 0.477 e. The van der Waals surface area contributed by atoms with Gasteiger partial charge in [-0.05, 0) is 29.8 Å². The lowest BCUT2D eigenvalue weighted by Crippen LogP contribution is -2.42. The number of halogens is 4. The van der Waals surface area contributed by atoms with Gasteiger partial charge < -0.3 is 5.11 Å². The van der Waals surface area contributed by atoms with Crippen molar-refractivity contribution in [3.8, 4) is 5.69 Å². The topological polar surface area (TPSA) is 108 Å². The van der Waals surface area contributed by atoms with Gasteiger partial charge in [-0.15, -0.1) is 0 Å². The number of imidazole rings is 1. The number of nitrogens with zero attached hydrogens (tertiary/aromatic N) is 4. The molecule has 0 fully saturated rings. The van der Waals surface area contributed by atoms with Crippen molar-refractivity contribution < 1.29 is 23.1 Å². The molecule has 0 spiro atoms. The maximum atomic E-state index is 13.2. The molecule has 0 unspecified atom stereocenters. The Morgan fingerprint density at radius 2 is 1.66 bits per heavy atom. The first-order valence-electron chi connectivity index (χ1n) is 9.93. The number of rotatable bonds is 4. The minimum atomic E-state index is -4.78. The summed E-state index contributed by atoms with van der Waals surface area (Å²) in [6.07, 6.45) is -3.94. The second-order valence-electron chi connectivity index (χ2n) is 7.74. The molecule has 13 heteroatoms. The van der Waals surface area contributed by atoms with E-state index >= 15 is 0 Å². The molecule has 2 aromatic carbocycles. The smallest absolute Gasteiger partial charge is 0.417 e. The summed E-state index contributed by atoms with van der Waals surface area (Å²) in [5, 5.41) is 8.82. The first-order valence-corrected chi connectivity index (χ1v) is 10.3. The monoisotopic (exact) mass is 508 g/mol. The SMILES string of the molecule is Cn1c(=O)n(C)c2cc(-n3cc(C(=O)O)c(=O)n(Cc4cccc(C(F)(F)F)c4Cl)c3=O)ccc21. The Kier molecular flexibility index (Phi) is 5.71. The average molecular weight is 509 g/mol. The zero-order valence-electron chi connectivity index (χ0n) is 18.1. The van der Waals surface area contributed by atoms with Gasteiger partial charge in [-0.2, -0.15) is 13.2 Å². The van der Waals surface area contributed by atoms with Crippen LogP contribution >= 0.6 is 11.6 Å². The number of aryl methyl sites for hydroxylation is 2. The number of aromatic carboxylic acids is 1. The van der Waals surface area contributed by atoms with Gasteiger partial charge in [0.2, 0.25) is 0 Å². The molecule has 9 nitrogen and oxygen atoms in total. The minimum Gasteiger partial charge on any atom is -0.477 e. The first kappa shape index (κ1) is 24.1. The number of fused-ring (bicyclic) bond motifs is 1. The van der Waals surface area contributed by atoms with Crippen molar-refractivity contribution in [1.82, 2.24) is 18.3 Å². The third kappa shape index (κ3) is 3.95. The van der Waals surface area contributed by atoms with E-state index in [0.29, 0.717) is 15.6 Å². The fraction of sp³-hybridized carbons (Fsp3) is 0.182. The van der Waals surface area contributed by atoms with E-state index < -0.39 is 46.1 Å². The van der Waals surface area contributed by atoms with Crippen LogP contribution in [0.5, 0.6) is 0 Å². The number of hydrogen-bond acceptors (Lipinski definition) is 4. The van der Waals surface area contributed by atoms with Gasteiger partial charge in [0.1, 0.15) is 5.56 Å². The molecule has 0 radical (unpaired) electrons. The van der Waals surface area contributed by atoms with Crippen LogP contribution in [0.25, 0.3) is 16.7 Å². The zero-order chi connectivity index (χ0) is 25.8. The van der Waals surface area contributed by atoms with Crippen LogP contribution in [-0.2, 0) is 26.8 Å². The first-order chi connectivity index (χ1) is 16.3. The molecular formula is C22H16ClF3N4O5. The molecule has 0 atom stereocenters. The van der Waals surface area contributed by atoms with E-state index in [0.717, 1.165) is 22.9 Å². The molecule has 0 saturated carbocycles. The van der Waals surface area contributed by atoms with Crippen LogP contribution in [0.4, 0.5) is 13.2 Å². The van der Waals surface area contributed by atoms with Gasteiger partial charge in [-0.1, -0.05) is 23.7 Å². The van der Waals surface area contributed by atoms with E-state index in [-0.39, 0.29) is 16.9 Å². The zero-order valence-corrected chi connectivity index (χ0v) is 18.9. The van der Waals surface area contributed by atoms with Gasteiger partial charge in [-0.3, -0.25) is 23.1 Å². The Hall–Kier alpha value is -4.06. The number of aromatic nitrogens is 4. The predicted molar refractivity (Wildman–Crippen MR) is 121 cm³/mol. The maximum Gasteiger partial charge on any atom is 0.417 e. The Morgan fingerprint density at radius 3 is 2.29 bits per heavy atom. The Labute approximate surface area is 198 Å². The summed E-state index contributed by atoms with van der Waals surface area (Å²) >= 11 is 5.91. The van der Waals surface area contributed by atoms with Gasteiger partial charge >= 0.3 is 23.5 Å². The van der Waals surface area contributed by atoms with Crippen molar-refractivity contribution in [2.45, 2.75) is 12.7 Å². The van der Waals surface area contributed by atoms with E-state index in [2.05, 4.69) is 0 Å². The standard InChI is InChI=1S/C22H16ClF3N4O5/c1-27-15-7-6-12(8-16(15)28(2)20(27)34)29-10-13(19(32)33)18(31)30(21(29)35)9-11-4-3-5-14(17(11)23)22(24,25)26/h3-8,10H,9H2,1-2H3,(H,32,33). The Morgan fingerprint density at radius 1 is 1.00 bits per heavy atom. The van der Waals surface area contributed by atoms with Gasteiger partial charge in [0, 0.05) is 20.3 Å². The van der Waals surface area contributed by atoms with Crippen LogP contribution in [0.15, 0.2) is 57.0 Å². The quantitative estimate of drug-likeness (QED) is 0.456. The fourth-order valence-corrected chi connectivity index (χ4v) is 4.10. The lowest BCUT2D eigenvalue weighted by molar-refractivity contribution is -0.137. The number of carbonyl (C=O) groups is 1. The Balaban J connectivity index is 1.96. The molecule has 0 aliphatic rings. The van der Waals surface area contributed by atoms with E-state index in [1.807, 2.05) is 0 Å².